The summed E-state index contributed by atoms with van der Waals surface area (Å²) >= 11 is 0. The third kappa shape index (κ3) is 3.25. The van der Waals surface area contributed by atoms with Crippen LogP contribution in [0.3, 0.4) is 0 Å². The van der Waals surface area contributed by atoms with E-state index in [4.69, 9.17) is 5.84 Å². The Morgan fingerprint density at radius 1 is 1.33 bits per heavy atom. The molecule has 0 bridgehead atoms. The zero-order chi connectivity index (χ0) is 11.4. The van der Waals surface area contributed by atoms with Gasteiger partial charge >= 0.3 is 0 Å². The van der Waals surface area contributed by atoms with E-state index in [0.29, 0.717) is 17.9 Å². The van der Waals surface area contributed by atoms with Crippen LogP contribution in [0.15, 0.2) is 18.2 Å². The second-order valence-electron chi connectivity index (χ2n) is 3.96. The van der Waals surface area contributed by atoms with Gasteiger partial charge in [-0.05, 0) is 24.0 Å². The SMILES string of the molecule is CC(C)C(Cc1ccc(F)cc1F)NN. The lowest BCUT2D eigenvalue weighted by Crippen LogP contribution is -2.40. The molecule has 0 saturated heterocycles. The number of hydrogen-bond acceptors (Lipinski definition) is 2. The minimum atomic E-state index is -0.557. The summed E-state index contributed by atoms with van der Waals surface area (Å²) in [6.07, 6.45) is 0.459. The molecule has 0 amide bonds. The van der Waals surface area contributed by atoms with E-state index in [9.17, 15) is 8.78 Å². The number of rotatable bonds is 4. The van der Waals surface area contributed by atoms with Crippen LogP contribution >= 0.6 is 0 Å². The zero-order valence-corrected chi connectivity index (χ0v) is 8.93. The number of nitrogens with one attached hydrogen (secondary N) is 1. The highest BCUT2D eigenvalue weighted by Gasteiger charge is 2.14. The van der Waals surface area contributed by atoms with Crippen molar-refractivity contribution in [1.29, 1.82) is 0 Å². The van der Waals surface area contributed by atoms with Gasteiger partial charge in [0.25, 0.3) is 0 Å². The molecular formula is C11H16F2N2. The molecule has 0 aromatic heterocycles. The summed E-state index contributed by atoms with van der Waals surface area (Å²) in [5.41, 5.74) is 3.11. The molecule has 1 rings (SSSR count). The fourth-order valence-corrected chi connectivity index (χ4v) is 1.41. The maximum atomic E-state index is 13.3. The van der Waals surface area contributed by atoms with E-state index < -0.39 is 11.6 Å². The van der Waals surface area contributed by atoms with Crippen molar-refractivity contribution in [2.24, 2.45) is 11.8 Å². The van der Waals surface area contributed by atoms with Crippen LogP contribution in [0.2, 0.25) is 0 Å². The molecule has 0 aliphatic heterocycles. The summed E-state index contributed by atoms with van der Waals surface area (Å²) < 4.78 is 25.9. The van der Waals surface area contributed by atoms with Crippen molar-refractivity contribution in [2.75, 3.05) is 0 Å². The molecule has 0 aliphatic carbocycles. The fourth-order valence-electron chi connectivity index (χ4n) is 1.41. The van der Waals surface area contributed by atoms with Crippen LogP contribution in [0, 0.1) is 17.6 Å². The molecule has 15 heavy (non-hydrogen) atoms. The van der Waals surface area contributed by atoms with E-state index in [1.165, 1.54) is 12.1 Å². The lowest BCUT2D eigenvalue weighted by atomic mass is 9.97. The second-order valence-corrected chi connectivity index (χ2v) is 3.96. The van der Waals surface area contributed by atoms with E-state index in [1.807, 2.05) is 13.8 Å². The first-order chi connectivity index (χ1) is 7.04. The van der Waals surface area contributed by atoms with Crippen LogP contribution in [0.1, 0.15) is 19.4 Å². The monoisotopic (exact) mass is 214 g/mol. The fraction of sp³-hybridized carbons (Fsp3) is 0.455. The summed E-state index contributed by atoms with van der Waals surface area (Å²) in [7, 11) is 0. The van der Waals surface area contributed by atoms with Gasteiger partial charge in [0.05, 0.1) is 0 Å². The number of hydrogen-bond donors (Lipinski definition) is 2. The van der Waals surface area contributed by atoms with Crippen LogP contribution in [0.4, 0.5) is 8.78 Å². The van der Waals surface area contributed by atoms with Crippen LogP contribution in [-0.4, -0.2) is 6.04 Å². The lowest BCUT2D eigenvalue weighted by molar-refractivity contribution is 0.398. The van der Waals surface area contributed by atoms with Gasteiger partial charge in [-0.2, -0.15) is 0 Å². The average Bonchev–Trinajstić information content (AvgIpc) is 2.16. The molecule has 0 aliphatic rings. The number of benzene rings is 1. The zero-order valence-electron chi connectivity index (χ0n) is 8.93. The van der Waals surface area contributed by atoms with Gasteiger partial charge in [0.1, 0.15) is 11.6 Å². The van der Waals surface area contributed by atoms with E-state index in [-0.39, 0.29) is 6.04 Å². The largest absolute Gasteiger partial charge is 0.271 e. The molecule has 0 saturated carbocycles. The Hall–Kier alpha value is -1.00. The summed E-state index contributed by atoms with van der Waals surface area (Å²) in [5.74, 6) is 4.57. The maximum absolute atomic E-state index is 13.3. The summed E-state index contributed by atoms with van der Waals surface area (Å²) in [6, 6.07) is 3.59. The van der Waals surface area contributed by atoms with E-state index in [0.717, 1.165) is 6.07 Å². The molecule has 0 heterocycles. The van der Waals surface area contributed by atoms with Crippen molar-refractivity contribution in [3.05, 3.63) is 35.4 Å². The third-order valence-electron chi connectivity index (χ3n) is 2.47. The van der Waals surface area contributed by atoms with Crippen LogP contribution in [-0.2, 0) is 6.42 Å². The van der Waals surface area contributed by atoms with Crippen molar-refractivity contribution in [3.63, 3.8) is 0 Å². The summed E-state index contributed by atoms with van der Waals surface area (Å²) in [4.78, 5) is 0. The number of nitrogens with two attached hydrogens (primary N) is 1. The van der Waals surface area contributed by atoms with Crippen LogP contribution in [0.5, 0.6) is 0 Å². The normalized spacial score (nSPS) is 13.2. The Bertz CT molecular complexity index is 326. The summed E-state index contributed by atoms with van der Waals surface area (Å²) in [5, 5.41) is 0. The molecule has 0 spiro atoms. The third-order valence-corrected chi connectivity index (χ3v) is 2.47. The van der Waals surface area contributed by atoms with Gasteiger partial charge in [-0.3, -0.25) is 11.3 Å². The number of halogens is 2. The van der Waals surface area contributed by atoms with Gasteiger partial charge in [0.2, 0.25) is 0 Å². The predicted molar refractivity (Wildman–Crippen MR) is 56.0 cm³/mol. The highest BCUT2D eigenvalue weighted by Crippen LogP contribution is 2.14. The van der Waals surface area contributed by atoms with Gasteiger partial charge in [-0.25, -0.2) is 8.78 Å². The molecule has 1 aromatic rings. The standard InChI is InChI=1S/C11H16F2N2/c1-7(2)11(15-14)5-8-3-4-9(12)6-10(8)13/h3-4,6-7,11,15H,5,14H2,1-2H3. The van der Waals surface area contributed by atoms with E-state index in [1.54, 1.807) is 0 Å². The predicted octanol–water partition coefficient (Wildman–Crippen LogP) is 2.00. The molecular weight excluding hydrogens is 198 g/mol. The molecule has 0 radical (unpaired) electrons. The topological polar surface area (TPSA) is 38.0 Å². The molecule has 1 atom stereocenters. The Kier molecular flexibility index (Phi) is 4.17. The lowest BCUT2D eigenvalue weighted by Gasteiger charge is -2.19. The molecule has 0 fully saturated rings. The van der Waals surface area contributed by atoms with Crippen molar-refractivity contribution in [3.8, 4) is 0 Å². The average molecular weight is 214 g/mol. The molecule has 3 N–H and O–H groups in total. The quantitative estimate of drug-likeness (QED) is 0.594. The molecule has 2 nitrogen and oxygen atoms in total. The Balaban J connectivity index is 2.79. The first kappa shape index (κ1) is 12.1. The van der Waals surface area contributed by atoms with Gasteiger partial charge in [-0.1, -0.05) is 19.9 Å². The first-order valence-electron chi connectivity index (χ1n) is 4.94. The maximum Gasteiger partial charge on any atom is 0.129 e. The van der Waals surface area contributed by atoms with Crippen LogP contribution < -0.4 is 11.3 Å². The molecule has 1 unspecified atom stereocenters. The smallest absolute Gasteiger partial charge is 0.129 e. The van der Waals surface area contributed by atoms with Crippen molar-refractivity contribution in [1.82, 2.24) is 5.43 Å². The van der Waals surface area contributed by atoms with Gasteiger partial charge in [-0.15, -0.1) is 0 Å². The minimum absolute atomic E-state index is 0.00930. The molecule has 1 aromatic carbocycles. The van der Waals surface area contributed by atoms with Crippen molar-refractivity contribution in [2.45, 2.75) is 26.3 Å². The highest BCUT2D eigenvalue weighted by atomic mass is 19.1. The Morgan fingerprint density at radius 3 is 2.47 bits per heavy atom. The minimum Gasteiger partial charge on any atom is -0.271 e. The second kappa shape index (κ2) is 5.19. The number of hydrazine groups is 1. The van der Waals surface area contributed by atoms with Gasteiger partial charge in [0.15, 0.2) is 0 Å². The molecule has 4 heteroatoms. The van der Waals surface area contributed by atoms with Crippen molar-refractivity contribution < 1.29 is 8.78 Å². The van der Waals surface area contributed by atoms with E-state index in [2.05, 4.69) is 5.43 Å². The first-order valence-corrected chi connectivity index (χ1v) is 4.94. The van der Waals surface area contributed by atoms with Crippen molar-refractivity contribution >= 4 is 0 Å². The van der Waals surface area contributed by atoms with Gasteiger partial charge in [0, 0.05) is 12.1 Å². The Labute approximate surface area is 88.4 Å². The van der Waals surface area contributed by atoms with Gasteiger partial charge < -0.3 is 0 Å². The van der Waals surface area contributed by atoms with E-state index >= 15 is 0 Å². The van der Waals surface area contributed by atoms with Crippen LogP contribution in [0.25, 0.3) is 0 Å². The highest BCUT2D eigenvalue weighted by molar-refractivity contribution is 5.19. The summed E-state index contributed by atoms with van der Waals surface area (Å²) in [6.45, 7) is 3.98. The Morgan fingerprint density at radius 2 is 2.00 bits per heavy atom. The molecule has 84 valence electrons.